The van der Waals surface area contributed by atoms with Crippen LogP contribution in [0.4, 0.5) is 0 Å². The Balaban J connectivity index is 2.82. The minimum absolute atomic E-state index is 0.360. The summed E-state index contributed by atoms with van der Waals surface area (Å²) in [6.45, 7) is 7.09. The van der Waals surface area contributed by atoms with Gasteiger partial charge in [0.05, 0.1) is 0 Å². The summed E-state index contributed by atoms with van der Waals surface area (Å²) in [5.41, 5.74) is 6.62. The molecule has 0 aromatic carbocycles. The fourth-order valence-electron chi connectivity index (χ4n) is 1.33. The topological polar surface area (TPSA) is 51.8 Å². The van der Waals surface area contributed by atoms with Gasteiger partial charge >= 0.3 is 0 Å². The average Bonchev–Trinajstić information content (AvgIpc) is 2.18. The Morgan fingerprint density at radius 3 is 2.64 bits per heavy atom. The standard InChI is InChI=1S/C11H19N3/c1-8(2)10-5-7-13-11(14-10)9(3)4-6-12/h5,7-9H,4,6,12H2,1-3H3. The molecule has 0 saturated carbocycles. The van der Waals surface area contributed by atoms with Crippen LogP contribution in [0.1, 0.15) is 50.5 Å². The van der Waals surface area contributed by atoms with Crippen LogP contribution in [-0.2, 0) is 0 Å². The highest BCUT2D eigenvalue weighted by molar-refractivity contribution is 5.08. The second-order valence-corrected chi connectivity index (χ2v) is 3.97. The highest BCUT2D eigenvalue weighted by Gasteiger charge is 2.09. The molecule has 0 spiro atoms. The maximum atomic E-state index is 5.51. The third kappa shape index (κ3) is 2.77. The van der Waals surface area contributed by atoms with E-state index in [-0.39, 0.29) is 0 Å². The van der Waals surface area contributed by atoms with Gasteiger partial charge in [0.1, 0.15) is 5.82 Å². The summed E-state index contributed by atoms with van der Waals surface area (Å²) in [6.07, 6.45) is 2.78. The summed E-state index contributed by atoms with van der Waals surface area (Å²) in [7, 11) is 0. The number of aromatic nitrogens is 2. The SMILES string of the molecule is CC(C)c1ccnc(C(C)CCN)n1. The van der Waals surface area contributed by atoms with Gasteiger partial charge in [-0.25, -0.2) is 9.97 Å². The van der Waals surface area contributed by atoms with E-state index in [1.54, 1.807) is 0 Å². The first-order chi connectivity index (χ1) is 6.65. The van der Waals surface area contributed by atoms with Crippen molar-refractivity contribution in [3.05, 3.63) is 23.8 Å². The first-order valence-electron chi connectivity index (χ1n) is 5.18. The fraction of sp³-hybridized carbons (Fsp3) is 0.636. The quantitative estimate of drug-likeness (QED) is 0.796. The summed E-state index contributed by atoms with van der Waals surface area (Å²) >= 11 is 0. The maximum absolute atomic E-state index is 5.51. The van der Waals surface area contributed by atoms with Gasteiger partial charge in [0, 0.05) is 17.8 Å². The lowest BCUT2D eigenvalue weighted by molar-refractivity contribution is 0.635. The van der Waals surface area contributed by atoms with Crippen LogP contribution < -0.4 is 5.73 Å². The van der Waals surface area contributed by atoms with Crippen molar-refractivity contribution in [1.29, 1.82) is 0 Å². The Morgan fingerprint density at radius 2 is 2.07 bits per heavy atom. The van der Waals surface area contributed by atoms with E-state index in [0.717, 1.165) is 17.9 Å². The number of rotatable bonds is 4. The normalized spacial score (nSPS) is 13.2. The molecule has 1 aromatic rings. The molecule has 1 atom stereocenters. The van der Waals surface area contributed by atoms with Crippen molar-refractivity contribution >= 4 is 0 Å². The maximum Gasteiger partial charge on any atom is 0.131 e. The summed E-state index contributed by atoms with van der Waals surface area (Å²) in [6, 6.07) is 1.98. The molecule has 0 aliphatic heterocycles. The Morgan fingerprint density at radius 1 is 1.36 bits per heavy atom. The van der Waals surface area contributed by atoms with Gasteiger partial charge in [-0.2, -0.15) is 0 Å². The lowest BCUT2D eigenvalue weighted by atomic mass is 10.1. The lowest BCUT2D eigenvalue weighted by Crippen LogP contribution is -2.09. The molecule has 1 rings (SSSR count). The Kier molecular flexibility index (Phi) is 4.01. The zero-order chi connectivity index (χ0) is 10.6. The van der Waals surface area contributed by atoms with Crippen molar-refractivity contribution in [2.75, 3.05) is 6.54 Å². The van der Waals surface area contributed by atoms with Crippen LogP contribution >= 0.6 is 0 Å². The molecule has 1 aromatic heterocycles. The minimum Gasteiger partial charge on any atom is -0.330 e. The van der Waals surface area contributed by atoms with Gasteiger partial charge in [0.2, 0.25) is 0 Å². The zero-order valence-corrected chi connectivity index (χ0v) is 9.20. The van der Waals surface area contributed by atoms with Crippen LogP contribution in [0.2, 0.25) is 0 Å². The molecule has 0 amide bonds. The zero-order valence-electron chi connectivity index (χ0n) is 9.20. The molecule has 1 unspecified atom stereocenters. The van der Waals surface area contributed by atoms with E-state index < -0.39 is 0 Å². The van der Waals surface area contributed by atoms with Crippen molar-refractivity contribution in [2.45, 2.75) is 39.0 Å². The molecule has 0 aliphatic rings. The monoisotopic (exact) mass is 193 g/mol. The van der Waals surface area contributed by atoms with Crippen LogP contribution in [0.5, 0.6) is 0 Å². The second kappa shape index (κ2) is 5.05. The van der Waals surface area contributed by atoms with Crippen LogP contribution in [0, 0.1) is 0 Å². The molecule has 0 aliphatic carbocycles. The number of hydrogen-bond donors (Lipinski definition) is 1. The van der Waals surface area contributed by atoms with E-state index in [1.807, 2.05) is 12.3 Å². The molecule has 3 heteroatoms. The summed E-state index contributed by atoms with van der Waals surface area (Å²) < 4.78 is 0. The molecule has 0 radical (unpaired) electrons. The van der Waals surface area contributed by atoms with Gasteiger partial charge in [-0.05, 0) is 24.9 Å². The van der Waals surface area contributed by atoms with Crippen LogP contribution in [0.3, 0.4) is 0 Å². The van der Waals surface area contributed by atoms with Crippen molar-refractivity contribution in [3.8, 4) is 0 Å². The van der Waals surface area contributed by atoms with Gasteiger partial charge in [-0.15, -0.1) is 0 Å². The van der Waals surface area contributed by atoms with Crippen molar-refractivity contribution in [2.24, 2.45) is 5.73 Å². The van der Waals surface area contributed by atoms with Crippen LogP contribution in [-0.4, -0.2) is 16.5 Å². The molecular formula is C11H19N3. The van der Waals surface area contributed by atoms with E-state index in [4.69, 9.17) is 5.73 Å². The second-order valence-electron chi connectivity index (χ2n) is 3.97. The Labute approximate surface area is 85.8 Å². The van der Waals surface area contributed by atoms with E-state index in [1.165, 1.54) is 0 Å². The van der Waals surface area contributed by atoms with Crippen molar-refractivity contribution < 1.29 is 0 Å². The summed E-state index contributed by atoms with van der Waals surface area (Å²) in [4.78, 5) is 8.80. The first kappa shape index (κ1) is 11.1. The van der Waals surface area contributed by atoms with Gasteiger partial charge in [0.25, 0.3) is 0 Å². The minimum atomic E-state index is 0.360. The van der Waals surface area contributed by atoms with Crippen molar-refractivity contribution in [1.82, 2.24) is 9.97 Å². The Hall–Kier alpha value is -0.960. The third-order valence-corrected chi connectivity index (χ3v) is 2.33. The molecule has 2 N–H and O–H groups in total. The number of hydrogen-bond acceptors (Lipinski definition) is 3. The van der Waals surface area contributed by atoms with Crippen LogP contribution in [0.15, 0.2) is 12.3 Å². The molecular weight excluding hydrogens is 174 g/mol. The van der Waals surface area contributed by atoms with Crippen molar-refractivity contribution in [3.63, 3.8) is 0 Å². The van der Waals surface area contributed by atoms with E-state index in [2.05, 4.69) is 30.7 Å². The molecule has 1 heterocycles. The van der Waals surface area contributed by atoms with E-state index in [0.29, 0.717) is 18.4 Å². The lowest BCUT2D eigenvalue weighted by Gasteiger charge is -2.11. The van der Waals surface area contributed by atoms with Gasteiger partial charge in [-0.1, -0.05) is 20.8 Å². The Bertz CT molecular complexity index is 284. The summed E-state index contributed by atoms with van der Waals surface area (Å²) in [5, 5.41) is 0. The highest BCUT2D eigenvalue weighted by atomic mass is 14.9. The van der Waals surface area contributed by atoms with E-state index in [9.17, 15) is 0 Å². The predicted molar refractivity (Wildman–Crippen MR) is 58.2 cm³/mol. The smallest absolute Gasteiger partial charge is 0.131 e. The number of nitrogens with zero attached hydrogens (tertiary/aromatic N) is 2. The molecule has 0 saturated heterocycles. The summed E-state index contributed by atoms with van der Waals surface area (Å²) in [5.74, 6) is 1.74. The largest absolute Gasteiger partial charge is 0.330 e. The fourth-order valence-corrected chi connectivity index (χ4v) is 1.33. The van der Waals surface area contributed by atoms with Gasteiger partial charge in [-0.3, -0.25) is 0 Å². The predicted octanol–water partition coefficient (Wildman–Crippen LogP) is 2.05. The molecule has 0 bridgehead atoms. The van der Waals surface area contributed by atoms with Crippen LogP contribution in [0.25, 0.3) is 0 Å². The average molecular weight is 193 g/mol. The molecule has 0 fully saturated rings. The van der Waals surface area contributed by atoms with E-state index >= 15 is 0 Å². The first-order valence-corrected chi connectivity index (χ1v) is 5.18. The van der Waals surface area contributed by atoms with Gasteiger partial charge < -0.3 is 5.73 Å². The third-order valence-electron chi connectivity index (χ3n) is 2.33. The number of nitrogens with two attached hydrogens (primary N) is 1. The van der Waals surface area contributed by atoms with Gasteiger partial charge in [0.15, 0.2) is 0 Å². The molecule has 78 valence electrons. The molecule has 3 nitrogen and oxygen atoms in total. The molecule has 14 heavy (non-hydrogen) atoms. The highest BCUT2D eigenvalue weighted by Crippen LogP contribution is 2.16.